The molecule has 0 radical (unpaired) electrons. The van der Waals surface area contributed by atoms with Gasteiger partial charge in [-0.2, -0.15) is 0 Å². The second-order valence-electron chi connectivity index (χ2n) is 9.08. The van der Waals surface area contributed by atoms with Crippen molar-refractivity contribution in [3.63, 3.8) is 0 Å². The Balaban J connectivity index is 0.000000212. The van der Waals surface area contributed by atoms with Crippen LogP contribution in [0.25, 0.3) is 0 Å². The number of hydrogen-bond acceptors (Lipinski definition) is 3. The van der Waals surface area contributed by atoms with Gasteiger partial charge in [0.2, 0.25) is 5.78 Å². The van der Waals surface area contributed by atoms with Gasteiger partial charge >= 0.3 is 21.2 Å². The molecule has 1 unspecified atom stereocenters. The van der Waals surface area contributed by atoms with E-state index in [1.807, 2.05) is 24.3 Å². The van der Waals surface area contributed by atoms with E-state index in [9.17, 15) is 4.79 Å². The van der Waals surface area contributed by atoms with Gasteiger partial charge in [-0.15, -0.1) is 0 Å². The van der Waals surface area contributed by atoms with Crippen molar-refractivity contribution in [1.82, 2.24) is 0 Å². The number of carbonyl (C=O) groups excluding carboxylic acids is 1. The summed E-state index contributed by atoms with van der Waals surface area (Å²) in [6.07, 6.45) is 0. The Bertz CT molecular complexity index is 958. The fourth-order valence-corrected chi connectivity index (χ4v) is 8.85. The van der Waals surface area contributed by atoms with Crippen LogP contribution in [0.1, 0.15) is 31.1 Å². The Morgan fingerprint density at radius 2 is 1.35 bits per heavy atom. The molecule has 1 atom stereocenters. The van der Waals surface area contributed by atoms with Gasteiger partial charge in [0.25, 0.3) is 0 Å². The summed E-state index contributed by atoms with van der Waals surface area (Å²) in [5.74, 6) is 3.05. The first kappa shape index (κ1) is 26.8. The van der Waals surface area contributed by atoms with Crippen molar-refractivity contribution in [3.05, 3.63) is 97.6 Å². The van der Waals surface area contributed by atoms with E-state index in [-0.39, 0.29) is 48.5 Å². The van der Waals surface area contributed by atoms with Gasteiger partial charge in [0, 0.05) is 21.9 Å². The van der Waals surface area contributed by atoms with Crippen molar-refractivity contribution in [3.8, 4) is 5.75 Å². The summed E-state index contributed by atoms with van der Waals surface area (Å²) in [5, 5.41) is 0.0646. The maximum absolute atomic E-state index is 13.0. The van der Waals surface area contributed by atoms with Crippen molar-refractivity contribution in [2.45, 2.75) is 26.0 Å². The van der Waals surface area contributed by atoms with Crippen LogP contribution in [0.15, 0.2) is 84.9 Å². The van der Waals surface area contributed by atoms with Crippen LogP contribution < -0.4 is 25.9 Å². The molecule has 4 rings (SSSR count). The third-order valence-electron chi connectivity index (χ3n) is 5.40. The molecule has 3 aromatic rings. The van der Waals surface area contributed by atoms with Crippen LogP contribution >= 0.6 is 0 Å². The number of rotatable bonds is 6. The molecule has 0 N–H and O–H groups in total. The van der Waals surface area contributed by atoms with Gasteiger partial charge in [0.15, 0.2) is 12.4 Å². The standard InChI is InChI=1S/C17H25O3S.C12H10I/c1-17(2,3)16(21-11-9-20-10-12-21)15(18)13-5-7-14(19-4)8-6-13;1-3-7-11(8-4-1)13-12-9-5-2-6-10-12/h5-8,16H,9-12H2,1-4H3;1-10H/q2*+1. The summed E-state index contributed by atoms with van der Waals surface area (Å²) in [6, 6.07) is 28.9. The van der Waals surface area contributed by atoms with Crippen molar-refractivity contribution in [1.29, 1.82) is 0 Å². The summed E-state index contributed by atoms with van der Waals surface area (Å²) < 4.78 is 13.6. The minimum Gasteiger partial charge on any atom is -0.497 e. The highest BCUT2D eigenvalue weighted by atomic mass is 127. The fourth-order valence-electron chi connectivity index (χ4n) is 3.80. The molecule has 180 valence electrons. The minimum atomic E-state index is -0.0303. The molecular weight excluding hydrogens is 555 g/mol. The number of benzene rings is 3. The lowest BCUT2D eigenvalue weighted by atomic mass is 9.87. The number of hydrogen-bond donors (Lipinski definition) is 0. The van der Waals surface area contributed by atoms with Crippen LogP contribution in [0.4, 0.5) is 0 Å². The maximum atomic E-state index is 13.0. The monoisotopic (exact) mass is 590 g/mol. The summed E-state index contributed by atoms with van der Waals surface area (Å²) in [6.45, 7) is 8.07. The third kappa shape index (κ3) is 8.14. The molecule has 1 fully saturated rings. The first-order valence-electron chi connectivity index (χ1n) is 11.6. The molecule has 3 aromatic carbocycles. The van der Waals surface area contributed by atoms with Gasteiger partial charge in [0.05, 0.1) is 20.3 Å². The SMILES string of the molecule is COc1ccc(C(=O)C([S+]2CCOCC2)C(C)(C)C)cc1.c1ccc([I+]c2ccccc2)cc1. The Kier molecular flexibility index (Phi) is 10.5. The second-order valence-corrected chi connectivity index (χ2v) is 14.5. The average molecular weight is 591 g/mol. The van der Waals surface area contributed by atoms with Crippen molar-refractivity contribution < 1.29 is 35.5 Å². The van der Waals surface area contributed by atoms with Gasteiger partial charge < -0.3 is 9.47 Å². The van der Waals surface area contributed by atoms with E-state index in [4.69, 9.17) is 9.47 Å². The Hall–Kier alpha value is -1.83. The normalized spacial score (nSPS) is 15.1. The zero-order chi connectivity index (χ0) is 24.4. The molecule has 0 aliphatic carbocycles. The fraction of sp³-hybridized carbons (Fsp3) is 0.345. The molecule has 5 heteroatoms. The zero-order valence-electron chi connectivity index (χ0n) is 20.5. The van der Waals surface area contributed by atoms with Crippen LogP contribution in [0.2, 0.25) is 0 Å². The molecule has 3 nitrogen and oxygen atoms in total. The number of Topliss-reactive ketones (excluding diaryl/α,β-unsaturated/α-hetero) is 1. The average Bonchev–Trinajstić information content (AvgIpc) is 2.86. The molecule has 0 amide bonds. The highest BCUT2D eigenvalue weighted by Gasteiger charge is 2.46. The number of carbonyl (C=O) groups is 1. The Morgan fingerprint density at radius 1 is 0.853 bits per heavy atom. The first-order chi connectivity index (χ1) is 16.4. The number of methoxy groups -OCH3 is 1. The molecular formula is C29H35IO3S+2. The predicted molar refractivity (Wildman–Crippen MR) is 139 cm³/mol. The van der Waals surface area contributed by atoms with Gasteiger partial charge in [-0.3, -0.25) is 4.79 Å². The maximum Gasteiger partial charge on any atom is 0.357 e. The summed E-state index contributed by atoms with van der Waals surface area (Å²) in [7, 11) is 1.74. The van der Waals surface area contributed by atoms with Crippen molar-refractivity contribution in [2.24, 2.45) is 5.41 Å². The largest absolute Gasteiger partial charge is 0.497 e. The quantitative estimate of drug-likeness (QED) is 0.252. The molecule has 34 heavy (non-hydrogen) atoms. The van der Waals surface area contributed by atoms with E-state index >= 15 is 0 Å². The van der Waals surface area contributed by atoms with Gasteiger partial charge in [-0.25, -0.2) is 0 Å². The van der Waals surface area contributed by atoms with E-state index in [1.54, 1.807) is 7.11 Å². The van der Waals surface area contributed by atoms with Crippen molar-refractivity contribution >= 4 is 16.7 Å². The van der Waals surface area contributed by atoms with E-state index in [1.165, 1.54) is 7.14 Å². The van der Waals surface area contributed by atoms with Crippen LogP contribution in [0.3, 0.4) is 0 Å². The van der Waals surface area contributed by atoms with Gasteiger partial charge in [-0.05, 0) is 48.5 Å². The lowest BCUT2D eigenvalue weighted by molar-refractivity contribution is -0.597. The molecule has 0 spiro atoms. The summed E-state index contributed by atoms with van der Waals surface area (Å²) >= 11 is 0.0287. The van der Waals surface area contributed by atoms with Crippen LogP contribution in [0, 0.1) is 12.6 Å². The topological polar surface area (TPSA) is 35.5 Å². The van der Waals surface area contributed by atoms with E-state index in [0.717, 1.165) is 36.0 Å². The van der Waals surface area contributed by atoms with Crippen LogP contribution in [-0.4, -0.2) is 42.9 Å². The third-order valence-corrected chi connectivity index (χ3v) is 11.1. The molecule has 1 heterocycles. The molecule has 1 saturated heterocycles. The molecule has 0 saturated carbocycles. The summed E-state index contributed by atoms with van der Waals surface area (Å²) in [4.78, 5) is 13.0. The smallest absolute Gasteiger partial charge is 0.357 e. The molecule has 0 aromatic heterocycles. The molecule has 1 aliphatic rings. The minimum absolute atomic E-state index is 0.0287. The van der Waals surface area contributed by atoms with E-state index in [0.29, 0.717) is 0 Å². The van der Waals surface area contributed by atoms with Gasteiger partial charge in [-0.1, -0.05) is 57.2 Å². The van der Waals surface area contributed by atoms with Gasteiger partial charge in [0.1, 0.15) is 17.3 Å². The van der Waals surface area contributed by atoms with Crippen LogP contribution in [0.5, 0.6) is 5.75 Å². The van der Waals surface area contributed by atoms with Crippen molar-refractivity contribution in [2.75, 3.05) is 31.8 Å². The highest BCUT2D eigenvalue weighted by Crippen LogP contribution is 2.32. The first-order valence-corrected chi connectivity index (χ1v) is 15.3. The lowest BCUT2D eigenvalue weighted by Gasteiger charge is -2.31. The number of halogens is 1. The zero-order valence-corrected chi connectivity index (χ0v) is 23.5. The predicted octanol–water partition coefficient (Wildman–Crippen LogP) is 2.76. The van der Waals surface area contributed by atoms with Crippen LogP contribution in [-0.2, 0) is 15.6 Å². The Morgan fingerprint density at radius 3 is 1.79 bits per heavy atom. The molecule has 0 bridgehead atoms. The molecule has 1 aliphatic heterocycles. The highest BCUT2D eigenvalue weighted by molar-refractivity contribution is 7.98. The number of ketones is 1. The Labute approximate surface area is 217 Å². The van der Waals surface area contributed by atoms with E-state index < -0.39 is 0 Å². The number of ether oxygens (including phenoxy) is 2. The summed E-state index contributed by atoms with van der Waals surface area (Å²) in [5.41, 5.74) is 0.756. The van der Waals surface area contributed by atoms with E-state index in [2.05, 4.69) is 81.4 Å². The lowest BCUT2D eigenvalue weighted by Crippen LogP contribution is -3.61. The second kappa shape index (κ2) is 13.3.